The molecule has 2 aromatic carbocycles. The summed E-state index contributed by atoms with van der Waals surface area (Å²) in [4.78, 5) is 11.5. The summed E-state index contributed by atoms with van der Waals surface area (Å²) in [6.07, 6.45) is 2.72. The van der Waals surface area contributed by atoms with Crippen LogP contribution in [-0.4, -0.2) is 24.5 Å². The molecule has 0 fully saturated rings. The summed E-state index contributed by atoms with van der Waals surface area (Å²) in [7, 11) is -3.79. The third-order valence-electron chi connectivity index (χ3n) is 3.73. The average Bonchev–Trinajstić information content (AvgIpc) is 3.09. The first kappa shape index (κ1) is 18.6. The van der Waals surface area contributed by atoms with E-state index in [4.69, 9.17) is 10.2 Å². The Hall–Kier alpha value is -3.20. The fourth-order valence-electron chi connectivity index (χ4n) is 2.46. The lowest BCUT2D eigenvalue weighted by molar-refractivity contribution is 0.0999. The van der Waals surface area contributed by atoms with Crippen molar-refractivity contribution in [2.45, 2.75) is 17.7 Å². The number of primary amides is 1. The van der Waals surface area contributed by atoms with Crippen molar-refractivity contribution >= 4 is 21.9 Å². The van der Waals surface area contributed by atoms with Crippen LogP contribution in [0.5, 0.6) is 0 Å². The zero-order chi connectivity index (χ0) is 19.3. The van der Waals surface area contributed by atoms with Gasteiger partial charge in [-0.3, -0.25) is 4.79 Å². The van der Waals surface area contributed by atoms with Crippen molar-refractivity contribution in [1.82, 2.24) is 10.2 Å². The van der Waals surface area contributed by atoms with Crippen LogP contribution in [0.1, 0.15) is 28.2 Å². The number of aryl methyl sites for hydroxylation is 1. The number of aromatic nitrogens is 2. The molecule has 1 amide bonds. The largest absolute Gasteiger partial charge is 0.407 e. The maximum atomic E-state index is 12.2. The summed E-state index contributed by atoms with van der Waals surface area (Å²) in [6, 6.07) is 14.7. The van der Waals surface area contributed by atoms with Crippen molar-refractivity contribution < 1.29 is 17.6 Å². The van der Waals surface area contributed by atoms with Gasteiger partial charge in [0.05, 0.1) is 4.90 Å². The van der Waals surface area contributed by atoms with E-state index >= 15 is 0 Å². The molecule has 1 radical (unpaired) electrons. The number of carbonyl (C=O) groups is 1. The number of anilines is 1. The van der Waals surface area contributed by atoms with E-state index in [1.54, 1.807) is 36.8 Å². The van der Waals surface area contributed by atoms with E-state index in [9.17, 15) is 13.2 Å². The Bertz CT molecular complexity index is 1030. The zero-order valence-corrected chi connectivity index (χ0v) is 15.0. The Labute approximate surface area is 156 Å². The Morgan fingerprint density at radius 1 is 1.07 bits per heavy atom. The molecule has 0 spiro atoms. The molecule has 0 bridgehead atoms. The van der Waals surface area contributed by atoms with Crippen molar-refractivity contribution in [3.05, 3.63) is 78.0 Å². The normalized spacial score (nSPS) is 11.3. The van der Waals surface area contributed by atoms with Crippen molar-refractivity contribution in [3.8, 4) is 0 Å². The molecule has 0 saturated heterocycles. The lowest BCUT2D eigenvalue weighted by atomic mass is 10.0. The molecule has 9 heteroatoms. The predicted octanol–water partition coefficient (Wildman–Crippen LogP) is 2.15. The van der Waals surface area contributed by atoms with Crippen molar-refractivity contribution in [1.29, 1.82) is 0 Å². The van der Waals surface area contributed by atoms with Gasteiger partial charge in [-0.2, -0.15) is 0 Å². The third kappa shape index (κ3) is 4.70. The van der Waals surface area contributed by atoms with Crippen LogP contribution < -0.4 is 10.5 Å². The van der Waals surface area contributed by atoms with Crippen molar-refractivity contribution in [3.63, 3.8) is 0 Å². The minimum atomic E-state index is -3.79. The van der Waals surface area contributed by atoms with Gasteiger partial charge in [0.25, 0.3) is 10.0 Å². The molecule has 139 valence electrons. The predicted molar refractivity (Wildman–Crippen MR) is 98.2 cm³/mol. The zero-order valence-electron chi connectivity index (χ0n) is 14.2. The SMILES string of the molecule is NC(=O)c1ccccc1CC[CH]c1nnc(NS(=O)(=O)c2ccccc2)o1. The topological polar surface area (TPSA) is 128 Å². The summed E-state index contributed by atoms with van der Waals surface area (Å²) in [5.41, 5.74) is 6.63. The molecule has 8 nitrogen and oxygen atoms in total. The summed E-state index contributed by atoms with van der Waals surface area (Å²) >= 11 is 0. The minimum absolute atomic E-state index is 0.0942. The first-order valence-corrected chi connectivity index (χ1v) is 9.56. The highest BCUT2D eigenvalue weighted by atomic mass is 32.2. The first-order valence-electron chi connectivity index (χ1n) is 8.08. The van der Waals surface area contributed by atoms with Crippen LogP contribution in [-0.2, 0) is 16.4 Å². The van der Waals surface area contributed by atoms with Gasteiger partial charge in [0.15, 0.2) is 0 Å². The second kappa shape index (κ2) is 8.00. The number of hydrogen-bond donors (Lipinski definition) is 2. The van der Waals surface area contributed by atoms with Crippen LogP contribution in [0.4, 0.5) is 6.01 Å². The van der Waals surface area contributed by atoms with Gasteiger partial charge in [0, 0.05) is 12.0 Å². The number of nitrogens with two attached hydrogens (primary N) is 1. The Morgan fingerprint density at radius 2 is 1.78 bits per heavy atom. The van der Waals surface area contributed by atoms with Crippen molar-refractivity contribution in [2.75, 3.05) is 4.72 Å². The monoisotopic (exact) mass is 385 g/mol. The van der Waals surface area contributed by atoms with Crippen LogP contribution in [0.25, 0.3) is 0 Å². The molecule has 27 heavy (non-hydrogen) atoms. The number of nitrogens with zero attached hydrogens (tertiary/aromatic N) is 2. The van der Waals surface area contributed by atoms with E-state index in [1.165, 1.54) is 12.1 Å². The summed E-state index contributed by atoms with van der Waals surface area (Å²) in [6.45, 7) is 0. The molecule has 0 saturated carbocycles. The van der Waals surface area contributed by atoms with E-state index in [0.29, 0.717) is 18.4 Å². The highest BCUT2D eigenvalue weighted by molar-refractivity contribution is 7.92. The van der Waals surface area contributed by atoms with Crippen LogP contribution in [0.2, 0.25) is 0 Å². The van der Waals surface area contributed by atoms with Gasteiger partial charge in [-0.25, -0.2) is 13.1 Å². The van der Waals surface area contributed by atoms with E-state index in [2.05, 4.69) is 14.9 Å². The van der Waals surface area contributed by atoms with Gasteiger partial charge in [-0.1, -0.05) is 41.5 Å². The Morgan fingerprint density at radius 3 is 2.52 bits per heavy atom. The number of amides is 1. The number of rotatable bonds is 8. The third-order valence-corrected chi connectivity index (χ3v) is 5.07. The smallest absolute Gasteiger partial charge is 0.329 e. The molecule has 1 heterocycles. The van der Waals surface area contributed by atoms with Gasteiger partial charge in [-0.05, 0) is 36.6 Å². The minimum Gasteiger partial charge on any atom is -0.407 e. The fourth-order valence-corrected chi connectivity index (χ4v) is 3.41. The molecule has 3 aromatic rings. The molecule has 0 unspecified atom stereocenters. The number of benzene rings is 2. The maximum Gasteiger partial charge on any atom is 0.329 e. The van der Waals surface area contributed by atoms with Gasteiger partial charge in [0.1, 0.15) is 0 Å². The molecule has 1 aromatic heterocycles. The van der Waals surface area contributed by atoms with E-state index < -0.39 is 15.9 Å². The standard InChI is InChI=1S/C18H17N4O4S/c19-17(23)15-11-5-4-7-13(15)8-6-12-16-20-21-18(26-16)22-27(24,25)14-9-2-1-3-10-14/h1-5,7,9-12H,6,8H2,(H2,19,23)(H,21,22). The lowest BCUT2D eigenvalue weighted by Crippen LogP contribution is -2.13. The second-order valence-corrected chi connectivity index (χ2v) is 7.31. The number of sulfonamides is 1. The van der Waals surface area contributed by atoms with Crippen LogP contribution in [0.15, 0.2) is 63.9 Å². The Kier molecular flexibility index (Phi) is 5.51. The molecule has 0 aliphatic heterocycles. The quantitative estimate of drug-likeness (QED) is 0.611. The van der Waals surface area contributed by atoms with Crippen LogP contribution in [0, 0.1) is 6.42 Å². The highest BCUT2D eigenvalue weighted by Gasteiger charge is 2.17. The highest BCUT2D eigenvalue weighted by Crippen LogP contribution is 2.17. The molecule has 3 rings (SSSR count). The number of carbonyl (C=O) groups excluding carboxylic acids is 1. The van der Waals surface area contributed by atoms with Gasteiger partial charge in [0.2, 0.25) is 11.8 Å². The van der Waals surface area contributed by atoms with Crippen LogP contribution in [0.3, 0.4) is 0 Å². The average molecular weight is 385 g/mol. The van der Waals surface area contributed by atoms with Crippen molar-refractivity contribution in [2.24, 2.45) is 5.73 Å². The van der Waals surface area contributed by atoms with E-state index in [0.717, 1.165) is 5.56 Å². The van der Waals surface area contributed by atoms with E-state index in [-0.39, 0.29) is 16.8 Å². The Balaban J connectivity index is 1.60. The number of nitrogens with one attached hydrogen (secondary N) is 1. The summed E-state index contributed by atoms with van der Waals surface area (Å²) in [5, 5.41) is 7.48. The van der Waals surface area contributed by atoms with E-state index in [1.807, 2.05) is 12.1 Å². The molecule has 3 N–H and O–H groups in total. The van der Waals surface area contributed by atoms with Gasteiger partial charge >= 0.3 is 6.01 Å². The summed E-state index contributed by atoms with van der Waals surface area (Å²) < 4.78 is 32.0. The number of hydrogen-bond acceptors (Lipinski definition) is 6. The molecular formula is C18H17N4O4S. The lowest BCUT2D eigenvalue weighted by Gasteiger charge is -2.05. The van der Waals surface area contributed by atoms with Gasteiger partial charge in [-0.15, -0.1) is 5.10 Å². The van der Waals surface area contributed by atoms with Crippen LogP contribution >= 0.6 is 0 Å². The second-order valence-electron chi connectivity index (χ2n) is 5.63. The van der Waals surface area contributed by atoms with Gasteiger partial charge < -0.3 is 10.2 Å². The summed E-state index contributed by atoms with van der Waals surface area (Å²) in [5.74, 6) is -0.307. The molecular weight excluding hydrogens is 368 g/mol. The first-order chi connectivity index (χ1) is 13.0. The molecule has 0 aliphatic rings. The fraction of sp³-hybridized carbons (Fsp3) is 0.111. The molecule has 0 aliphatic carbocycles. The molecule has 0 atom stereocenters. The maximum absolute atomic E-state index is 12.2.